The normalized spacial score (nSPS) is 16.6. The van der Waals surface area contributed by atoms with Gasteiger partial charge in [0.2, 0.25) is 0 Å². The molecule has 1 N–H and O–H groups in total. The van der Waals surface area contributed by atoms with Crippen LogP contribution in [0.4, 0.5) is 0 Å². The van der Waals surface area contributed by atoms with Crippen LogP contribution in [-0.4, -0.2) is 36.8 Å². The van der Waals surface area contributed by atoms with Crippen LogP contribution < -0.4 is 10.1 Å². The van der Waals surface area contributed by atoms with E-state index in [9.17, 15) is 0 Å². The Morgan fingerprint density at radius 3 is 2.63 bits per heavy atom. The van der Waals surface area contributed by atoms with Crippen molar-refractivity contribution in [3.8, 4) is 11.8 Å². The van der Waals surface area contributed by atoms with Gasteiger partial charge in [0, 0.05) is 23.4 Å². The van der Waals surface area contributed by atoms with Crippen molar-refractivity contribution in [1.29, 1.82) is 5.26 Å². The van der Waals surface area contributed by atoms with Crippen LogP contribution in [-0.2, 0) is 19.5 Å². The molecule has 0 unspecified atom stereocenters. The molecule has 35 heavy (non-hydrogen) atoms. The summed E-state index contributed by atoms with van der Waals surface area (Å²) in [5.41, 5.74) is 3.02. The monoisotopic (exact) mass is 494 g/mol. The lowest BCUT2D eigenvalue weighted by atomic mass is 9.91. The highest BCUT2D eigenvalue weighted by atomic mass is 32.1. The van der Waals surface area contributed by atoms with E-state index in [1.54, 1.807) is 11.3 Å². The molecule has 1 saturated heterocycles. The summed E-state index contributed by atoms with van der Waals surface area (Å²) in [5.74, 6) is 2.37. The Balaban J connectivity index is 0.00000141. The van der Waals surface area contributed by atoms with E-state index in [-0.39, 0.29) is 0 Å². The Bertz CT molecular complexity index is 1120. The number of rotatable bonds is 10. The summed E-state index contributed by atoms with van der Waals surface area (Å²) in [7, 11) is 1.95. The van der Waals surface area contributed by atoms with Gasteiger partial charge >= 0.3 is 0 Å². The number of aromatic nitrogens is 1. The van der Waals surface area contributed by atoms with Crippen molar-refractivity contribution < 1.29 is 9.26 Å². The molecular weight excluding hydrogens is 456 g/mol. The summed E-state index contributed by atoms with van der Waals surface area (Å²) in [5, 5.41) is 17.9. The van der Waals surface area contributed by atoms with Gasteiger partial charge in [-0.2, -0.15) is 5.26 Å². The molecule has 6 nitrogen and oxygen atoms in total. The average Bonchev–Trinajstić information content (AvgIpc) is 3.46. The molecule has 5 rings (SSSR count). The number of thiophene rings is 1. The first-order valence-electron chi connectivity index (χ1n) is 13.1. The third kappa shape index (κ3) is 6.63. The second-order valence-electron chi connectivity index (χ2n) is 9.47. The number of piperidine rings is 1. The van der Waals surface area contributed by atoms with E-state index in [0.29, 0.717) is 6.54 Å². The van der Waals surface area contributed by atoms with Crippen molar-refractivity contribution >= 4 is 22.3 Å². The fraction of sp³-hybridized carbons (Fsp3) is 0.571. The molecule has 2 aliphatic rings. The summed E-state index contributed by atoms with van der Waals surface area (Å²) in [6.45, 7) is 8.72. The zero-order chi connectivity index (χ0) is 24.6. The molecule has 0 bridgehead atoms. The van der Waals surface area contributed by atoms with E-state index < -0.39 is 0 Å². The molecule has 1 saturated carbocycles. The van der Waals surface area contributed by atoms with Gasteiger partial charge < -0.3 is 14.6 Å². The zero-order valence-corrected chi connectivity index (χ0v) is 22.1. The van der Waals surface area contributed by atoms with E-state index in [4.69, 9.17) is 14.5 Å². The number of aryl methyl sites for hydroxylation is 1. The molecule has 1 aromatic carbocycles. The van der Waals surface area contributed by atoms with Crippen molar-refractivity contribution in [2.24, 2.45) is 11.8 Å². The predicted octanol–water partition coefficient (Wildman–Crippen LogP) is 6.14. The molecule has 1 aliphatic carbocycles. The Labute approximate surface area is 213 Å². The lowest BCUT2D eigenvalue weighted by Crippen LogP contribution is -2.33. The van der Waals surface area contributed by atoms with Gasteiger partial charge in [0.15, 0.2) is 5.58 Å². The first kappa shape index (κ1) is 25.7. The molecule has 188 valence electrons. The van der Waals surface area contributed by atoms with Gasteiger partial charge in [0.1, 0.15) is 16.7 Å². The number of hydrogen-bond acceptors (Lipinski definition) is 7. The summed E-state index contributed by atoms with van der Waals surface area (Å²) in [6.07, 6.45) is 7.10. The number of hydrogen-bond donors (Lipinski definition) is 1. The second kappa shape index (κ2) is 12.5. The van der Waals surface area contributed by atoms with Gasteiger partial charge in [-0.15, -0.1) is 11.3 Å². The quantitative estimate of drug-likeness (QED) is 0.365. The van der Waals surface area contributed by atoms with Crippen molar-refractivity contribution in [1.82, 2.24) is 15.4 Å². The van der Waals surface area contributed by atoms with Gasteiger partial charge in [-0.25, -0.2) is 0 Å². The van der Waals surface area contributed by atoms with E-state index in [1.165, 1.54) is 30.6 Å². The molecule has 3 heterocycles. The topological polar surface area (TPSA) is 74.3 Å². The summed E-state index contributed by atoms with van der Waals surface area (Å²) >= 11 is 1.61. The molecule has 0 amide bonds. The number of nitriles is 1. The third-order valence-corrected chi connectivity index (χ3v) is 7.92. The van der Waals surface area contributed by atoms with Crippen LogP contribution in [0.25, 0.3) is 11.0 Å². The molecule has 0 radical (unpaired) electrons. The Morgan fingerprint density at radius 1 is 1.14 bits per heavy atom. The van der Waals surface area contributed by atoms with Crippen LogP contribution in [0.1, 0.15) is 67.0 Å². The van der Waals surface area contributed by atoms with Gasteiger partial charge in [0.25, 0.3) is 0 Å². The van der Waals surface area contributed by atoms with Crippen molar-refractivity contribution in [3.63, 3.8) is 0 Å². The molecular formula is C28H38N4O2S. The molecule has 7 heteroatoms. The number of nitrogens with zero attached hydrogens (tertiary/aromatic N) is 3. The largest absolute Gasteiger partial charge is 0.493 e. The Morgan fingerprint density at radius 2 is 1.94 bits per heavy atom. The third-order valence-electron chi connectivity index (χ3n) is 6.95. The maximum absolute atomic E-state index is 9.02. The van der Waals surface area contributed by atoms with Crippen LogP contribution >= 0.6 is 11.3 Å². The molecule has 2 aromatic heterocycles. The Kier molecular flexibility index (Phi) is 9.19. The fourth-order valence-electron chi connectivity index (χ4n) is 4.76. The zero-order valence-electron chi connectivity index (χ0n) is 21.3. The first-order chi connectivity index (χ1) is 17.2. The number of likely N-dealkylation sites (tertiary alicyclic amines) is 1. The smallest absolute Gasteiger partial charge is 0.175 e. The van der Waals surface area contributed by atoms with E-state index in [0.717, 1.165) is 83.8 Å². The maximum Gasteiger partial charge on any atom is 0.175 e. The highest BCUT2D eigenvalue weighted by Crippen LogP contribution is 2.34. The van der Waals surface area contributed by atoms with Crippen LogP contribution in [0.2, 0.25) is 0 Å². The van der Waals surface area contributed by atoms with Gasteiger partial charge in [-0.1, -0.05) is 19.0 Å². The van der Waals surface area contributed by atoms with Crippen LogP contribution in [0.3, 0.4) is 0 Å². The first-order valence-corrected chi connectivity index (χ1v) is 13.9. The lowest BCUT2D eigenvalue weighted by Gasteiger charge is -2.31. The average molecular weight is 495 g/mol. The predicted molar refractivity (Wildman–Crippen MR) is 142 cm³/mol. The minimum absolute atomic E-state index is 0.713. The summed E-state index contributed by atoms with van der Waals surface area (Å²) in [6, 6.07) is 10.5. The van der Waals surface area contributed by atoms with E-state index in [2.05, 4.69) is 39.6 Å². The van der Waals surface area contributed by atoms with E-state index in [1.807, 2.05) is 27.0 Å². The molecule has 3 aromatic rings. The fourth-order valence-corrected chi connectivity index (χ4v) is 5.61. The highest BCUT2D eigenvalue weighted by Gasteiger charge is 2.24. The standard InChI is InChI=1S/C26H32N4O2S.C2H6/c1-28-15-23-25(31-17-19-2-3-19)9-7-22-24(29-32-26(22)23)8-4-18-10-12-30(13-11-18)16-21-6-5-20(14-27)33-21;1-2/h5-7,9,18-19,28H,2-4,8,10-13,15-17H2,1H3;1-2H3. The highest BCUT2D eigenvalue weighted by molar-refractivity contribution is 7.12. The summed E-state index contributed by atoms with van der Waals surface area (Å²) < 4.78 is 11.9. The van der Waals surface area contributed by atoms with Crippen molar-refractivity contribution in [2.75, 3.05) is 26.7 Å². The number of ether oxygens (including phenoxy) is 1. The van der Waals surface area contributed by atoms with Gasteiger partial charge in [0.05, 0.1) is 17.9 Å². The number of nitrogens with one attached hydrogen (secondary N) is 1. The summed E-state index contributed by atoms with van der Waals surface area (Å²) in [4.78, 5) is 4.61. The number of benzene rings is 1. The van der Waals surface area contributed by atoms with Gasteiger partial charge in [-0.05, 0) is 94.8 Å². The van der Waals surface area contributed by atoms with Crippen molar-refractivity contribution in [2.45, 2.75) is 65.5 Å². The maximum atomic E-state index is 9.02. The SMILES string of the molecule is CC.CNCc1c(OCC2CC2)ccc2c(CCC3CCN(Cc4ccc(C#N)s4)CC3)noc12. The lowest BCUT2D eigenvalue weighted by molar-refractivity contribution is 0.173. The minimum atomic E-state index is 0.713. The molecule has 1 aliphatic heterocycles. The molecule has 2 fully saturated rings. The van der Waals surface area contributed by atoms with Crippen molar-refractivity contribution in [3.05, 3.63) is 45.3 Å². The van der Waals surface area contributed by atoms with Crippen LogP contribution in [0, 0.1) is 23.2 Å². The van der Waals surface area contributed by atoms with E-state index >= 15 is 0 Å². The molecule has 0 atom stereocenters. The van der Waals surface area contributed by atoms with Gasteiger partial charge in [-0.3, -0.25) is 4.90 Å². The Hall–Kier alpha value is -2.40. The van der Waals surface area contributed by atoms with Crippen LogP contribution in [0.5, 0.6) is 5.75 Å². The molecule has 0 spiro atoms. The second-order valence-corrected chi connectivity index (χ2v) is 10.6. The minimum Gasteiger partial charge on any atom is -0.493 e. The number of fused-ring (bicyclic) bond motifs is 1. The van der Waals surface area contributed by atoms with Crippen LogP contribution in [0.15, 0.2) is 28.8 Å².